The Kier molecular flexibility index (Phi) is 4.55. The normalized spacial score (nSPS) is 26.1. The van der Waals surface area contributed by atoms with Crippen molar-refractivity contribution in [2.45, 2.75) is 49.2 Å². The largest absolute Gasteiger partial charge is 0.325 e. The predicted molar refractivity (Wildman–Crippen MR) is 88.8 cm³/mol. The Morgan fingerprint density at radius 1 is 1.33 bits per heavy atom. The summed E-state index contributed by atoms with van der Waals surface area (Å²) in [6.45, 7) is 3.76. The lowest BCUT2D eigenvalue weighted by Gasteiger charge is -2.23. The molecular weight excluding hydrogens is 280 g/mol. The van der Waals surface area contributed by atoms with Crippen molar-refractivity contribution in [2.75, 3.05) is 18.4 Å². The highest BCUT2D eigenvalue weighted by molar-refractivity contribution is 8.00. The lowest BCUT2D eigenvalue weighted by molar-refractivity contribution is -0.123. The fourth-order valence-electron chi connectivity index (χ4n) is 3.14. The van der Waals surface area contributed by atoms with Crippen LogP contribution in [-0.2, 0) is 4.79 Å². The average molecular weight is 304 g/mol. The van der Waals surface area contributed by atoms with Crippen molar-refractivity contribution in [3.05, 3.63) is 24.3 Å². The number of hydrogen-bond donors (Lipinski definition) is 2. The first-order valence-corrected chi connectivity index (χ1v) is 8.83. The minimum atomic E-state index is -0.273. The zero-order valence-electron chi connectivity index (χ0n) is 12.7. The van der Waals surface area contributed by atoms with Crippen LogP contribution in [0.3, 0.4) is 0 Å². The molecule has 2 aliphatic rings. The van der Waals surface area contributed by atoms with E-state index in [-0.39, 0.29) is 11.3 Å². The third-order valence-corrected chi connectivity index (χ3v) is 6.06. The molecule has 1 saturated carbocycles. The second-order valence-electron chi connectivity index (χ2n) is 6.46. The van der Waals surface area contributed by atoms with Gasteiger partial charge in [0.2, 0.25) is 5.91 Å². The van der Waals surface area contributed by atoms with Crippen molar-refractivity contribution in [1.82, 2.24) is 5.32 Å². The van der Waals surface area contributed by atoms with Crippen LogP contribution in [0, 0.1) is 5.41 Å². The summed E-state index contributed by atoms with van der Waals surface area (Å²) in [6.07, 6.45) is 6.20. The van der Waals surface area contributed by atoms with Gasteiger partial charge in [0.25, 0.3) is 0 Å². The van der Waals surface area contributed by atoms with Gasteiger partial charge in [-0.1, -0.05) is 25.0 Å². The van der Waals surface area contributed by atoms with Gasteiger partial charge in [-0.15, -0.1) is 11.8 Å². The molecule has 1 amide bonds. The number of rotatable bonds is 4. The zero-order valence-corrected chi connectivity index (χ0v) is 13.5. The molecule has 3 nitrogen and oxygen atoms in total. The van der Waals surface area contributed by atoms with Crippen molar-refractivity contribution in [3.8, 4) is 0 Å². The molecule has 4 heteroatoms. The van der Waals surface area contributed by atoms with E-state index >= 15 is 0 Å². The maximum Gasteiger partial charge on any atom is 0.231 e. The van der Waals surface area contributed by atoms with E-state index in [4.69, 9.17) is 0 Å². The molecule has 21 heavy (non-hydrogen) atoms. The first-order chi connectivity index (χ1) is 10.2. The Balaban J connectivity index is 1.71. The molecule has 3 rings (SSSR count). The quantitative estimate of drug-likeness (QED) is 0.892. The Hall–Kier alpha value is -1.00. The molecule has 1 aliphatic carbocycles. The van der Waals surface area contributed by atoms with Crippen LogP contribution >= 0.6 is 11.8 Å². The summed E-state index contributed by atoms with van der Waals surface area (Å²) in [7, 11) is 0. The van der Waals surface area contributed by atoms with Crippen LogP contribution in [0.4, 0.5) is 5.69 Å². The highest BCUT2D eigenvalue weighted by Crippen LogP contribution is 2.38. The Labute approximate surface area is 131 Å². The van der Waals surface area contributed by atoms with Gasteiger partial charge in [0.1, 0.15) is 0 Å². The van der Waals surface area contributed by atoms with E-state index < -0.39 is 0 Å². The number of anilines is 1. The molecule has 1 heterocycles. The fraction of sp³-hybridized carbons (Fsp3) is 0.588. The van der Waals surface area contributed by atoms with Crippen molar-refractivity contribution in [2.24, 2.45) is 5.41 Å². The van der Waals surface area contributed by atoms with Gasteiger partial charge in [-0.2, -0.15) is 0 Å². The lowest BCUT2D eigenvalue weighted by atomic mass is 9.89. The molecule has 1 saturated heterocycles. The van der Waals surface area contributed by atoms with Gasteiger partial charge in [0, 0.05) is 16.7 Å². The second-order valence-corrected chi connectivity index (χ2v) is 7.80. The number of amides is 1. The van der Waals surface area contributed by atoms with E-state index in [9.17, 15) is 4.79 Å². The number of nitrogens with one attached hydrogen (secondary N) is 2. The van der Waals surface area contributed by atoms with E-state index in [0.717, 1.165) is 25.2 Å². The SMILES string of the molecule is CC1(C(=O)Nc2ccccc2SC2CCCC2)CCNC1. The summed E-state index contributed by atoms with van der Waals surface area (Å²) in [5.41, 5.74) is 0.707. The third-order valence-electron chi connectivity index (χ3n) is 4.65. The number of thioether (sulfide) groups is 1. The standard InChI is InChI=1S/C17H24N2OS/c1-17(10-11-18-12-17)16(20)19-14-8-4-5-9-15(14)21-13-6-2-3-7-13/h4-5,8-9,13,18H,2-3,6-7,10-12H2,1H3,(H,19,20). The fourth-order valence-corrected chi connectivity index (χ4v) is 4.47. The maximum absolute atomic E-state index is 12.6. The van der Waals surface area contributed by atoms with E-state index in [0.29, 0.717) is 5.25 Å². The monoisotopic (exact) mass is 304 g/mol. The highest BCUT2D eigenvalue weighted by atomic mass is 32.2. The first-order valence-electron chi connectivity index (χ1n) is 7.95. The van der Waals surface area contributed by atoms with Crippen LogP contribution in [0.25, 0.3) is 0 Å². The zero-order chi connectivity index (χ0) is 14.7. The number of para-hydroxylation sites is 1. The van der Waals surface area contributed by atoms with Crippen LogP contribution in [0.2, 0.25) is 0 Å². The van der Waals surface area contributed by atoms with E-state index in [1.807, 2.05) is 23.9 Å². The van der Waals surface area contributed by atoms with Gasteiger partial charge in [0.15, 0.2) is 0 Å². The summed E-state index contributed by atoms with van der Waals surface area (Å²) in [5, 5.41) is 7.17. The molecule has 1 unspecified atom stereocenters. The molecule has 0 bridgehead atoms. The Bertz CT molecular complexity index is 505. The molecule has 1 aromatic carbocycles. The number of carbonyl (C=O) groups excluding carboxylic acids is 1. The minimum absolute atomic E-state index is 0.145. The summed E-state index contributed by atoms with van der Waals surface area (Å²) >= 11 is 1.93. The van der Waals surface area contributed by atoms with E-state index in [2.05, 4.69) is 29.7 Å². The number of carbonyl (C=O) groups is 1. The van der Waals surface area contributed by atoms with Gasteiger partial charge in [-0.3, -0.25) is 4.79 Å². The third kappa shape index (κ3) is 3.43. The first kappa shape index (κ1) is 14.9. The van der Waals surface area contributed by atoms with Crippen LogP contribution in [0.15, 0.2) is 29.2 Å². The van der Waals surface area contributed by atoms with Gasteiger partial charge in [-0.25, -0.2) is 0 Å². The van der Waals surface area contributed by atoms with Gasteiger partial charge in [0.05, 0.1) is 11.1 Å². The summed E-state index contributed by atoms with van der Waals surface area (Å²) in [4.78, 5) is 13.8. The maximum atomic E-state index is 12.6. The topological polar surface area (TPSA) is 41.1 Å². The smallest absolute Gasteiger partial charge is 0.231 e. The number of benzene rings is 1. The molecule has 1 aromatic rings. The molecule has 1 aliphatic heterocycles. The minimum Gasteiger partial charge on any atom is -0.325 e. The molecule has 0 radical (unpaired) electrons. The van der Waals surface area contributed by atoms with Crippen molar-refractivity contribution in [1.29, 1.82) is 0 Å². The molecular formula is C17H24N2OS. The number of hydrogen-bond acceptors (Lipinski definition) is 3. The average Bonchev–Trinajstić information content (AvgIpc) is 3.13. The highest BCUT2D eigenvalue weighted by Gasteiger charge is 2.36. The Morgan fingerprint density at radius 2 is 2.10 bits per heavy atom. The van der Waals surface area contributed by atoms with E-state index in [1.54, 1.807) is 0 Å². The molecule has 0 aromatic heterocycles. The summed E-state index contributed by atoms with van der Waals surface area (Å²) in [6, 6.07) is 8.23. The molecule has 2 fully saturated rings. The van der Waals surface area contributed by atoms with Gasteiger partial charge < -0.3 is 10.6 Å². The van der Waals surface area contributed by atoms with Gasteiger partial charge in [-0.05, 0) is 44.9 Å². The van der Waals surface area contributed by atoms with Crippen LogP contribution in [-0.4, -0.2) is 24.2 Å². The van der Waals surface area contributed by atoms with Crippen molar-refractivity contribution >= 4 is 23.4 Å². The van der Waals surface area contributed by atoms with Crippen LogP contribution in [0.5, 0.6) is 0 Å². The summed E-state index contributed by atoms with van der Waals surface area (Å²) in [5.74, 6) is 0.145. The molecule has 2 N–H and O–H groups in total. The Morgan fingerprint density at radius 3 is 2.81 bits per heavy atom. The second kappa shape index (κ2) is 6.41. The lowest BCUT2D eigenvalue weighted by Crippen LogP contribution is -2.35. The van der Waals surface area contributed by atoms with Crippen molar-refractivity contribution < 1.29 is 4.79 Å². The van der Waals surface area contributed by atoms with Crippen molar-refractivity contribution in [3.63, 3.8) is 0 Å². The van der Waals surface area contributed by atoms with E-state index in [1.165, 1.54) is 30.6 Å². The molecule has 114 valence electrons. The van der Waals surface area contributed by atoms with Gasteiger partial charge >= 0.3 is 0 Å². The molecule has 0 spiro atoms. The predicted octanol–water partition coefficient (Wildman–Crippen LogP) is 3.66. The summed E-state index contributed by atoms with van der Waals surface area (Å²) < 4.78 is 0. The molecule has 1 atom stereocenters. The van der Waals surface area contributed by atoms with Crippen LogP contribution in [0.1, 0.15) is 39.0 Å². The van der Waals surface area contributed by atoms with Crippen LogP contribution < -0.4 is 10.6 Å².